The molecule has 0 bridgehead atoms. The number of rotatable bonds is 3. The molecule has 1 unspecified atom stereocenters. The van der Waals surface area contributed by atoms with Crippen molar-refractivity contribution < 1.29 is 9.53 Å². The van der Waals surface area contributed by atoms with Crippen LogP contribution in [0.3, 0.4) is 0 Å². The number of methoxy groups -OCH3 is 1. The number of hydrogen-bond donors (Lipinski definition) is 0. The van der Waals surface area contributed by atoms with Gasteiger partial charge in [-0.25, -0.2) is 0 Å². The minimum Gasteiger partial charge on any atom is -0.375 e. The van der Waals surface area contributed by atoms with Gasteiger partial charge < -0.3 is 9.64 Å². The molecule has 0 N–H and O–H groups in total. The molecule has 2 aliphatic rings. The Morgan fingerprint density at radius 1 is 1.19 bits per heavy atom. The predicted molar refractivity (Wildman–Crippen MR) is 63.2 cm³/mol. The van der Waals surface area contributed by atoms with E-state index in [2.05, 4.69) is 4.90 Å². The van der Waals surface area contributed by atoms with Gasteiger partial charge in [0.25, 0.3) is 0 Å². The summed E-state index contributed by atoms with van der Waals surface area (Å²) in [5, 5.41) is 0. The molecule has 3 heteroatoms. The first-order valence-corrected chi connectivity index (χ1v) is 6.61. The first-order chi connectivity index (χ1) is 7.83. The van der Waals surface area contributed by atoms with Gasteiger partial charge in [0.05, 0.1) is 0 Å². The lowest BCUT2D eigenvalue weighted by atomic mass is 9.83. The van der Waals surface area contributed by atoms with Crippen LogP contribution in [-0.2, 0) is 9.53 Å². The molecule has 1 saturated carbocycles. The van der Waals surface area contributed by atoms with Crippen LogP contribution in [-0.4, -0.2) is 37.1 Å². The first kappa shape index (κ1) is 11.9. The van der Waals surface area contributed by atoms with Crippen LogP contribution < -0.4 is 0 Å². The Morgan fingerprint density at radius 3 is 2.62 bits per heavy atom. The molecule has 0 aromatic rings. The van der Waals surface area contributed by atoms with Crippen molar-refractivity contribution in [3.63, 3.8) is 0 Å². The highest BCUT2D eigenvalue weighted by atomic mass is 16.5. The standard InChI is InChI=1S/C13H23NO2/c1-16-10-13(15)14-9-5-8-12(14)11-6-3-2-4-7-11/h11-12H,2-10H2,1H3. The number of amides is 1. The van der Waals surface area contributed by atoms with Crippen LogP contribution in [0.4, 0.5) is 0 Å². The van der Waals surface area contributed by atoms with Crippen LogP contribution in [0, 0.1) is 5.92 Å². The third-order valence-electron chi connectivity index (χ3n) is 4.08. The SMILES string of the molecule is COCC(=O)N1CCCC1C1CCCCC1. The molecule has 1 aliphatic heterocycles. The highest BCUT2D eigenvalue weighted by molar-refractivity contribution is 5.78. The molecule has 3 nitrogen and oxygen atoms in total. The Kier molecular flexibility index (Phi) is 4.22. The lowest BCUT2D eigenvalue weighted by Gasteiger charge is -2.34. The second-order valence-corrected chi connectivity index (χ2v) is 5.13. The van der Waals surface area contributed by atoms with Gasteiger partial charge in [-0.1, -0.05) is 19.3 Å². The molecule has 92 valence electrons. The van der Waals surface area contributed by atoms with Crippen LogP contribution in [0.5, 0.6) is 0 Å². The number of nitrogens with zero attached hydrogens (tertiary/aromatic N) is 1. The third-order valence-corrected chi connectivity index (χ3v) is 4.08. The summed E-state index contributed by atoms with van der Waals surface area (Å²) in [4.78, 5) is 14.0. The topological polar surface area (TPSA) is 29.5 Å². The predicted octanol–water partition coefficient (Wildman–Crippen LogP) is 2.20. The number of carbonyl (C=O) groups excluding carboxylic acids is 1. The molecule has 2 rings (SSSR count). The smallest absolute Gasteiger partial charge is 0.248 e. The molecule has 1 amide bonds. The number of ether oxygens (including phenoxy) is 1. The van der Waals surface area contributed by atoms with Crippen LogP contribution in [0.25, 0.3) is 0 Å². The van der Waals surface area contributed by atoms with Gasteiger partial charge in [0.1, 0.15) is 6.61 Å². The molecule has 1 atom stereocenters. The van der Waals surface area contributed by atoms with Crippen molar-refractivity contribution in [2.24, 2.45) is 5.92 Å². The maximum atomic E-state index is 11.9. The molecular formula is C13H23NO2. The molecule has 0 aromatic heterocycles. The summed E-state index contributed by atoms with van der Waals surface area (Å²) in [5.41, 5.74) is 0. The van der Waals surface area contributed by atoms with E-state index in [4.69, 9.17) is 4.74 Å². The highest BCUT2D eigenvalue weighted by Gasteiger charge is 2.34. The fourth-order valence-corrected chi connectivity index (χ4v) is 3.32. The van der Waals surface area contributed by atoms with E-state index in [9.17, 15) is 4.79 Å². The molecule has 1 aliphatic carbocycles. The van der Waals surface area contributed by atoms with Gasteiger partial charge in [0.15, 0.2) is 0 Å². The van der Waals surface area contributed by atoms with Gasteiger partial charge >= 0.3 is 0 Å². The second kappa shape index (κ2) is 5.67. The van der Waals surface area contributed by atoms with E-state index >= 15 is 0 Å². The average molecular weight is 225 g/mol. The molecule has 1 saturated heterocycles. The van der Waals surface area contributed by atoms with Crippen molar-refractivity contribution in [2.75, 3.05) is 20.3 Å². The van der Waals surface area contributed by atoms with Crippen LogP contribution in [0.15, 0.2) is 0 Å². The molecule has 16 heavy (non-hydrogen) atoms. The van der Waals surface area contributed by atoms with E-state index < -0.39 is 0 Å². The van der Waals surface area contributed by atoms with Crippen molar-refractivity contribution >= 4 is 5.91 Å². The summed E-state index contributed by atoms with van der Waals surface area (Å²) >= 11 is 0. The van der Waals surface area contributed by atoms with Gasteiger partial charge in [-0.05, 0) is 31.6 Å². The minimum atomic E-state index is 0.190. The van der Waals surface area contributed by atoms with Gasteiger partial charge in [-0.2, -0.15) is 0 Å². The monoisotopic (exact) mass is 225 g/mol. The fourth-order valence-electron chi connectivity index (χ4n) is 3.32. The van der Waals surface area contributed by atoms with Gasteiger partial charge in [0, 0.05) is 19.7 Å². The highest BCUT2D eigenvalue weighted by Crippen LogP contribution is 2.34. The lowest BCUT2D eigenvalue weighted by Crippen LogP contribution is -2.42. The molecule has 0 aromatic carbocycles. The summed E-state index contributed by atoms with van der Waals surface area (Å²) in [6.45, 7) is 1.20. The Hall–Kier alpha value is -0.570. The normalized spacial score (nSPS) is 27.3. The number of carbonyl (C=O) groups is 1. The zero-order valence-electron chi connectivity index (χ0n) is 10.3. The second-order valence-electron chi connectivity index (χ2n) is 5.13. The Morgan fingerprint density at radius 2 is 1.94 bits per heavy atom. The Bertz CT molecular complexity index is 236. The largest absolute Gasteiger partial charge is 0.375 e. The maximum absolute atomic E-state index is 11.9. The van der Waals surface area contributed by atoms with Gasteiger partial charge in [-0.15, -0.1) is 0 Å². The lowest BCUT2D eigenvalue weighted by molar-refractivity contribution is -0.137. The van der Waals surface area contributed by atoms with Gasteiger partial charge in [-0.3, -0.25) is 4.79 Å². The third kappa shape index (κ3) is 2.57. The summed E-state index contributed by atoms with van der Waals surface area (Å²) in [5.74, 6) is 0.952. The minimum absolute atomic E-state index is 0.190. The van der Waals surface area contributed by atoms with E-state index in [0.717, 1.165) is 12.5 Å². The average Bonchev–Trinajstić information content (AvgIpc) is 2.79. The van der Waals surface area contributed by atoms with Crippen molar-refractivity contribution in [1.29, 1.82) is 0 Å². The molecule has 0 spiro atoms. The zero-order valence-corrected chi connectivity index (χ0v) is 10.3. The van der Waals surface area contributed by atoms with E-state index in [1.807, 2.05) is 0 Å². The van der Waals surface area contributed by atoms with E-state index in [1.165, 1.54) is 44.9 Å². The first-order valence-electron chi connectivity index (χ1n) is 6.61. The molecular weight excluding hydrogens is 202 g/mol. The van der Waals surface area contributed by atoms with Crippen LogP contribution >= 0.6 is 0 Å². The molecule has 0 radical (unpaired) electrons. The van der Waals surface area contributed by atoms with Crippen molar-refractivity contribution in [3.8, 4) is 0 Å². The van der Waals surface area contributed by atoms with E-state index in [1.54, 1.807) is 7.11 Å². The van der Waals surface area contributed by atoms with Crippen molar-refractivity contribution in [3.05, 3.63) is 0 Å². The molecule has 1 heterocycles. The van der Waals surface area contributed by atoms with E-state index in [0.29, 0.717) is 6.04 Å². The Labute approximate surface area is 98.1 Å². The van der Waals surface area contributed by atoms with Crippen LogP contribution in [0.2, 0.25) is 0 Å². The summed E-state index contributed by atoms with van der Waals surface area (Å²) in [6.07, 6.45) is 9.12. The number of hydrogen-bond acceptors (Lipinski definition) is 2. The maximum Gasteiger partial charge on any atom is 0.248 e. The summed E-state index contributed by atoms with van der Waals surface area (Å²) < 4.78 is 4.96. The Balaban J connectivity index is 1.93. The quantitative estimate of drug-likeness (QED) is 0.737. The summed E-state index contributed by atoms with van der Waals surface area (Å²) in [6, 6.07) is 0.517. The van der Waals surface area contributed by atoms with Crippen LogP contribution in [0.1, 0.15) is 44.9 Å². The molecule has 2 fully saturated rings. The zero-order chi connectivity index (χ0) is 11.4. The van der Waals surface area contributed by atoms with Crippen molar-refractivity contribution in [2.45, 2.75) is 51.0 Å². The number of likely N-dealkylation sites (tertiary alicyclic amines) is 1. The van der Waals surface area contributed by atoms with Gasteiger partial charge in [0.2, 0.25) is 5.91 Å². The van der Waals surface area contributed by atoms with Crippen molar-refractivity contribution in [1.82, 2.24) is 4.90 Å². The summed E-state index contributed by atoms with van der Waals surface area (Å²) in [7, 11) is 1.60. The fraction of sp³-hybridized carbons (Fsp3) is 0.923. The van der Waals surface area contributed by atoms with E-state index in [-0.39, 0.29) is 12.5 Å².